The highest BCUT2D eigenvalue weighted by atomic mass is 32.1. The predicted molar refractivity (Wildman–Crippen MR) is 82.0 cm³/mol. The van der Waals surface area contributed by atoms with Crippen LogP contribution in [0.3, 0.4) is 0 Å². The number of rotatable bonds is 6. The van der Waals surface area contributed by atoms with Crippen LogP contribution in [0.2, 0.25) is 0 Å². The van der Waals surface area contributed by atoms with E-state index in [-0.39, 0.29) is 0 Å². The van der Waals surface area contributed by atoms with Gasteiger partial charge in [0.25, 0.3) is 0 Å². The van der Waals surface area contributed by atoms with Crippen LogP contribution < -0.4 is 10.6 Å². The second-order valence-electron chi connectivity index (χ2n) is 5.45. The van der Waals surface area contributed by atoms with Crippen molar-refractivity contribution in [3.8, 4) is 0 Å². The maximum absolute atomic E-state index is 5.79. The fourth-order valence-electron chi connectivity index (χ4n) is 2.00. The van der Waals surface area contributed by atoms with Crippen molar-refractivity contribution in [3.63, 3.8) is 0 Å². The van der Waals surface area contributed by atoms with Crippen LogP contribution in [-0.2, 0) is 0 Å². The second kappa shape index (κ2) is 6.69. The van der Waals surface area contributed by atoms with Crippen molar-refractivity contribution in [2.45, 2.75) is 27.7 Å². The van der Waals surface area contributed by atoms with Gasteiger partial charge in [0.2, 0.25) is 0 Å². The van der Waals surface area contributed by atoms with Crippen molar-refractivity contribution in [2.75, 3.05) is 18.0 Å². The first kappa shape index (κ1) is 14.9. The van der Waals surface area contributed by atoms with Crippen LogP contribution in [0, 0.1) is 11.8 Å². The fraction of sp³-hybridized carbons (Fsp3) is 0.571. The van der Waals surface area contributed by atoms with E-state index >= 15 is 0 Å². The van der Waals surface area contributed by atoms with E-state index in [1.165, 1.54) is 0 Å². The number of pyridine rings is 1. The van der Waals surface area contributed by atoms with E-state index in [4.69, 9.17) is 18.0 Å². The molecule has 1 aromatic rings. The van der Waals surface area contributed by atoms with E-state index in [0.717, 1.165) is 24.3 Å². The Kier molecular flexibility index (Phi) is 5.54. The zero-order valence-electron chi connectivity index (χ0n) is 11.7. The molecule has 0 aliphatic rings. The molecule has 0 bridgehead atoms. The third-order valence-electron chi connectivity index (χ3n) is 2.58. The van der Waals surface area contributed by atoms with Crippen LogP contribution in [0.5, 0.6) is 0 Å². The predicted octanol–water partition coefficient (Wildman–Crippen LogP) is 2.83. The molecule has 0 fully saturated rings. The Bertz CT molecular complexity index is 392. The molecule has 2 N–H and O–H groups in total. The van der Waals surface area contributed by atoms with Gasteiger partial charge in [-0.15, -0.1) is 0 Å². The molecule has 0 saturated carbocycles. The lowest BCUT2D eigenvalue weighted by molar-refractivity contribution is 0.552. The van der Waals surface area contributed by atoms with Gasteiger partial charge in [-0.1, -0.05) is 39.9 Å². The molecule has 18 heavy (non-hydrogen) atoms. The van der Waals surface area contributed by atoms with Crippen LogP contribution in [0.1, 0.15) is 33.3 Å². The summed E-state index contributed by atoms with van der Waals surface area (Å²) in [5.41, 5.74) is 7.76. The summed E-state index contributed by atoms with van der Waals surface area (Å²) in [6.45, 7) is 10.8. The zero-order chi connectivity index (χ0) is 13.7. The van der Waals surface area contributed by atoms with Crippen LogP contribution in [-0.4, -0.2) is 23.1 Å². The molecule has 4 heteroatoms. The molecular weight excluding hydrogens is 242 g/mol. The van der Waals surface area contributed by atoms with Gasteiger partial charge < -0.3 is 10.6 Å². The second-order valence-corrected chi connectivity index (χ2v) is 5.89. The molecule has 0 aromatic carbocycles. The smallest absolute Gasteiger partial charge is 0.106 e. The lowest BCUT2D eigenvalue weighted by Gasteiger charge is -2.29. The molecule has 0 spiro atoms. The van der Waals surface area contributed by atoms with Crippen molar-refractivity contribution >= 4 is 22.9 Å². The number of anilines is 1. The number of aromatic nitrogens is 1. The van der Waals surface area contributed by atoms with E-state index in [1.54, 1.807) is 6.20 Å². The number of nitrogens with two attached hydrogens (primary N) is 1. The first-order chi connectivity index (χ1) is 8.41. The normalized spacial score (nSPS) is 11.0. The van der Waals surface area contributed by atoms with Gasteiger partial charge in [0.1, 0.15) is 4.99 Å². The summed E-state index contributed by atoms with van der Waals surface area (Å²) in [6, 6.07) is 1.89. The molecule has 0 aliphatic heterocycles. The van der Waals surface area contributed by atoms with Crippen LogP contribution >= 0.6 is 12.2 Å². The van der Waals surface area contributed by atoms with Gasteiger partial charge in [-0.25, -0.2) is 0 Å². The lowest BCUT2D eigenvalue weighted by atomic mass is 10.1. The van der Waals surface area contributed by atoms with Gasteiger partial charge in [0.05, 0.1) is 11.9 Å². The molecule has 3 nitrogen and oxygen atoms in total. The Morgan fingerprint density at radius 1 is 1.28 bits per heavy atom. The SMILES string of the molecule is CC(C)CN(CC(C)C)c1cnccc1C(N)=S. The zero-order valence-corrected chi connectivity index (χ0v) is 12.5. The maximum atomic E-state index is 5.79. The van der Waals surface area contributed by atoms with E-state index in [0.29, 0.717) is 16.8 Å². The van der Waals surface area contributed by atoms with Crippen molar-refractivity contribution in [1.82, 2.24) is 4.98 Å². The highest BCUT2D eigenvalue weighted by Crippen LogP contribution is 2.21. The molecule has 0 aliphatic carbocycles. The molecule has 1 rings (SSSR count). The van der Waals surface area contributed by atoms with E-state index in [1.807, 2.05) is 12.3 Å². The molecule has 0 atom stereocenters. The van der Waals surface area contributed by atoms with Gasteiger partial charge in [-0.05, 0) is 17.9 Å². The summed E-state index contributed by atoms with van der Waals surface area (Å²) < 4.78 is 0. The lowest BCUT2D eigenvalue weighted by Crippen LogP contribution is -2.33. The number of thiocarbonyl (C=S) groups is 1. The highest BCUT2D eigenvalue weighted by Gasteiger charge is 2.15. The van der Waals surface area contributed by atoms with Crippen molar-refractivity contribution in [1.29, 1.82) is 0 Å². The molecule has 100 valence electrons. The minimum Gasteiger partial charge on any atom is -0.389 e. The highest BCUT2D eigenvalue weighted by molar-refractivity contribution is 7.80. The first-order valence-corrected chi connectivity index (χ1v) is 6.81. The molecule has 0 unspecified atom stereocenters. The Morgan fingerprint density at radius 3 is 2.28 bits per heavy atom. The summed E-state index contributed by atoms with van der Waals surface area (Å²) in [7, 11) is 0. The third-order valence-corrected chi connectivity index (χ3v) is 2.80. The maximum Gasteiger partial charge on any atom is 0.106 e. The minimum absolute atomic E-state index is 0.435. The van der Waals surface area contributed by atoms with Gasteiger partial charge in [0.15, 0.2) is 0 Å². The van der Waals surface area contributed by atoms with Gasteiger partial charge in [-0.2, -0.15) is 0 Å². The number of hydrogen-bond acceptors (Lipinski definition) is 3. The summed E-state index contributed by atoms with van der Waals surface area (Å²) in [6.07, 6.45) is 3.60. The average Bonchev–Trinajstić information content (AvgIpc) is 2.26. The van der Waals surface area contributed by atoms with Gasteiger partial charge in [-0.3, -0.25) is 4.98 Å². The quantitative estimate of drug-likeness (QED) is 0.803. The van der Waals surface area contributed by atoms with Crippen LogP contribution in [0.4, 0.5) is 5.69 Å². The van der Waals surface area contributed by atoms with Gasteiger partial charge >= 0.3 is 0 Å². The number of hydrogen-bond donors (Lipinski definition) is 1. The Balaban J connectivity index is 3.07. The molecule has 0 amide bonds. The summed E-state index contributed by atoms with van der Waals surface area (Å²) in [4.78, 5) is 6.97. The fourth-order valence-corrected chi connectivity index (χ4v) is 2.17. The van der Waals surface area contributed by atoms with E-state index in [9.17, 15) is 0 Å². The third kappa shape index (κ3) is 4.26. The Hall–Kier alpha value is -1.16. The van der Waals surface area contributed by atoms with Crippen LogP contribution in [0.25, 0.3) is 0 Å². The van der Waals surface area contributed by atoms with Crippen molar-refractivity contribution < 1.29 is 0 Å². The molecule has 0 radical (unpaired) electrons. The molecule has 0 saturated heterocycles. The van der Waals surface area contributed by atoms with Gasteiger partial charge in [0, 0.05) is 24.8 Å². The largest absolute Gasteiger partial charge is 0.389 e. The Morgan fingerprint density at radius 2 is 1.83 bits per heavy atom. The van der Waals surface area contributed by atoms with E-state index in [2.05, 4.69) is 37.6 Å². The first-order valence-electron chi connectivity index (χ1n) is 6.40. The standard InChI is InChI=1S/C14H23N3S/c1-10(2)8-17(9-11(3)4)13-7-16-6-5-12(13)14(15)18/h5-7,10-11H,8-9H2,1-4H3,(H2,15,18). The molecule has 1 aromatic heterocycles. The Labute approximate surface area is 115 Å². The minimum atomic E-state index is 0.435. The van der Waals surface area contributed by atoms with Crippen molar-refractivity contribution in [3.05, 3.63) is 24.0 Å². The number of nitrogens with zero attached hydrogens (tertiary/aromatic N) is 2. The average molecular weight is 265 g/mol. The topological polar surface area (TPSA) is 42.2 Å². The molecular formula is C14H23N3S. The monoisotopic (exact) mass is 265 g/mol. The molecule has 1 heterocycles. The van der Waals surface area contributed by atoms with Crippen LogP contribution in [0.15, 0.2) is 18.5 Å². The summed E-state index contributed by atoms with van der Waals surface area (Å²) >= 11 is 5.12. The van der Waals surface area contributed by atoms with E-state index < -0.39 is 0 Å². The summed E-state index contributed by atoms with van der Waals surface area (Å²) in [5.74, 6) is 1.17. The summed E-state index contributed by atoms with van der Waals surface area (Å²) in [5, 5.41) is 0. The van der Waals surface area contributed by atoms with Crippen molar-refractivity contribution in [2.24, 2.45) is 17.6 Å².